The number of sulfone groups is 1. The number of rotatable bonds is 2. The summed E-state index contributed by atoms with van der Waals surface area (Å²) in [5.41, 5.74) is 1.96. The van der Waals surface area contributed by atoms with Gasteiger partial charge in [0.15, 0.2) is 9.84 Å². The highest BCUT2D eigenvalue weighted by molar-refractivity contribution is 7.91. The second-order valence-corrected chi connectivity index (χ2v) is 7.56. The van der Waals surface area contributed by atoms with Gasteiger partial charge in [0.1, 0.15) is 0 Å². The first-order valence-electron chi connectivity index (χ1n) is 6.60. The molecule has 0 radical (unpaired) electrons. The molecule has 1 N–H and O–H groups in total. The van der Waals surface area contributed by atoms with Crippen LogP contribution in [0.3, 0.4) is 0 Å². The summed E-state index contributed by atoms with van der Waals surface area (Å²) in [4.78, 5) is 16.6. The second kappa shape index (κ2) is 4.80. The van der Waals surface area contributed by atoms with Gasteiger partial charge in [-0.05, 0) is 26.3 Å². The quantitative estimate of drug-likeness (QED) is 0.878. The zero-order valence-corrected chi connectivity index (χ0v) is 12.5. The van der Waals surface area contributed by atoms with Gasteiger partial charge in [-0.2, -0.15) is 0 Å². The fourth-order valence-electron chi connectivity index (χ4n) is 2.57. The summed E-state index contributed by atoms with van der Waals surface area (Å²) in [6.07, 6.45) is 0.448. The molecular formula is C13H15N3O4S. The van der Waals surface area contributed by atoms with Gasteiger partial charge >= 0.3 is 0 Å². The number of carbonyl (C=O) groups excluding carboxylic acids is 1. The highest BCUT2D eigenvalue weighted by atomic mass is 32.2. The van der Waals surface area contributed by atoms with Crippen molar-refractivity contribution >= 4 is 26.8 Å². The Morgan fingerprint density at radius 2 is 2.19 bits per heavy atom. The molecule has 0 spiro atoms. The van der Waals surface area contributed by atoms with Crippen LogP contribution in [0.2, 0.25) is 0 Å². The SMILES string of the molecule is Cc1cc(C(=O)N[C@H]2CCS(=O)(=O)C2)c2c(C)noc2n1. The van der Waals surface area contributed by atoms with Crippen LogP contribution in [0, 0.1) is 13.8 Å². The van der Waals surface area contributed by atoms with Crippen molar-refractivity contribution in [2.24, 2.45) is 0 Å². The molecule has 1 aliphatic rings. The maximum absolute atomic E-state index is 12.4. The van der Waals surface area contributed by atoms with Crippen LogP contribution in [0.5, 0.6) is 0 Å². The van der Waals surface area contributed by atoms with E-state index in [2.05, 4.69) is 15.5 Å². The lowest BCUT2D eigenvalue weighted by Gasteiger charge is -2.11. The number of carbonyl (C=O) groups is 1. The molecule has 3 rings (SSSR count). The van der Waals surface area contributed by atoms with Crippen molar-refractivity contribution in [1.29, 1.82) is 0 Å². The van der Waals surface area contributed by atoms with Crippen LogP contribution < -0.4 is 5.32 Å². The molecular weight excluding hydrogens is 294 g/mol. The molecule has 0 saturated carbocycles. The van der Waals surface area contributed by atoms with Crippen LogP contribution in [0.15, 0.2) is 10.6 Å². The van der Waals surface area contributed by atoms with Crippen LogP contribution in [-0.4, -0.2) is 42.0 Å². The Bertz CT molecular complexity index is 825. The Morgan fingerprint density at radius 1 is 1.43 bits per heavy atom. The molecule has 1 atom stereocenters. The maximum Gasteiger partial charge on any atom is 0.258 e. The van der Waals surface area contributed by atoms with Gasteiger partial charge in [0, 0.05) is 11.7 Å². The van der Waals surface area contributed by atoms with Gasteiger partial charge in [0.2, 0.25) is 0 Å². The van der Waals surface area contributed by atoms with Gasteiger partial charge in [0.05, 0.1) is 28.1 Å². The summed E-state index contributed by atoms with van der Waals surface area (Å²) in [6.45, 7) is 3.49. The minimum absolute atomic E-state index is 0.00539. The molecule has 3 heterocycles. The lowest BCUT2D eigenvalue weighted by atomic mass is 10.1. The predicted molar refractivity (Wildman–Crippen MR) is 75.8 cm³/mol. The van der Waals surface area contributed by atoms with Gasteiger partial charge in [-0.15, -0.1) is 0 Å². The molecule has 1 aliphatic heterocycles. The van der Waals surface area contributed by atoms with Gasteiger partial charge in [-0.1, -0.05) is 5.16 Å². The maximum atomic E-state index is 12.4. The summed E-state index contributed by atoms with van der Waals surface area (Å²) in [7, 11) is -3.03. The average Bonchev–Trinajstić information content (AvgIpc) is 2.92. The van der Waals surface area contributed by atoms with Crippen molar-refractivity contribution in [1.82, 2.24) is 15.5 Å². The normalized spacial score (nSPS) is 20.8. The first-order valence-corrected chi connectivity index (χ1v) is 8.43. The zero-order valence-electron chi connectivity index (χ0n) is 11.7. The lowest BCUT2D eigenvalue weighted by Crippen LogP contribution is -2.35. The molecule has 112 valence electrons. The number of pyridine rings is 1. The van der Waals surface area contributed by atoms with Gasteiger partial charge in [-0.3, -0.25) is 4.79 Å². The molecule has 1 fully saturated rings. The summed E-state index contributed by atoms with van der Waals surface area (Å²) < 4.78 is 28.0. The van der Waals surface area contributed by atoms with E-state index < -0.39 is 9.84 Å². The van der Waals surface area contributed by atoms with E-state index >= 15 is 0 Å². The summed E-state index contributed by atoms with van der Waals surface area (Å²) >= 11 is 0. The molecule has 1 amide bonds. The van der Waals surface area contributed by atoms with Gasteiger partial charge in [0.25, 0.3) is 11.6 Å². The topological polar surface area (TPSA) is 102 Å². The van der Waals surface area contributed by atoms with Crippen LogP contribution in [-0.2, 0) is 9.84 Å². The molecule has 2 aromatic heterocycles. The number of aromatic nitrogens is 2. The Kier molecular flexibility index (Phi) is 3.20. The third-order valence-corrected chi connectivity index (χ3v) is 5.33. The zero-order chi connectivity index (χ0) is 15.2. The molecule has 0 aliphatic carbocycles. The van der Waals surface area contributed by atoms with Crippen molar-refractivity contribution in [3.05, 3.63) is 23.0 Å². The van der Waals surface area contributed by atoms with E-state index in [-0.39, 0.29) is 23.5 Å². The molecule has 7 nitrogen and oxygen atoms in total. The van der Waals surface area contributed by atoms with E-state index in [4.69, 9.17) is 4.52 Å². The largest absolute Gasteiger partial charge is 0.348 e. The van der Waals surface area contributed by atoms with E-state index in [0.29, 0.717) is 34.5 Å². The van der Waals surface area contributed by atoms with E-state index in [1.807, 2.05) is 0 Å². The van der Waals surface area contributed by atoms with Crippen molar-refractivity contribution < 1.29 is 17.7 Å². The van der Waals surface area contributed by atoms with Crippen molar-refractivity contribution in [3.63, 3.8) is 0 Å². The fraction of sp³-hybridized carbons (Fsp3) is 0.462. The number of hydrogen-bond acceptors (Lipinski definition) is 6. The lowest BCUT2D eigenvalue weighted by molar-refractivity contribution is 0.0942. The Labute approximate surface area is 121 Å². The van der Waals surface area contributed by atoms with Crippen LogP contribution in [0.25, 0.3) is 11.1 Å². The molecule has 0 aromatic carbocycles. The first-order chi connectivity index (χ1) is 9.85. The first kappa shape index (κ1) is 14.0. The van der Waals surface area contributed by atoms with Crippen LogP contribution in [0.1, 0.15) is 28.2 Å². The molecule has 21 heavy (non-hydrogen) atoms. The van der Waals surface area contributed by atoms with Crippen molar-refractivity contribution in [2.45, 2.75) is 26.3 Å². The number of hydrogen-bond donors (Lipinski definition) is 1. The standard InChI is InChI=1S/C13H15N3O4S/c1-7-5-10(11-8(2)16-20-13(11)14-7)12(17)15-9-3-4-21(18,19)6-9/h5,9H,3-4,6H2,1-2H3,(H,15,17)/t9-/m0/s1. The van der Waals surface area contributed by atoms with E-state index in [1.54, 1.807) is 19.9 Å². The monoisotopic (exact) mass is 309 g/mol. The predicted octanol–water partition coefficient (Wildman–Crippen LogP) is 0.757. The molecule has 1 saturated heterocycles. The average molecular weight is 309 g/mol. The third-order valence-electron chi connectivity index (χ3n) is 3.56. The Hall–Kier alpha value is -1.96. The van der Waals surface area contributed by atoms with E-state index in [9.17, 15) is 13.2 Å². The summed E-state index contributed by atoms with van der Waals surface area (Å²) in [5.74, 6) is -0.206. The molecule has 8 heteroatoms. The van der Waals surface area contributed by atoms with Gasteiger partial charge < -0.3 is 9.84 Å². The minimum atomic E-state index is -3.03. The number of aryl methyl sites for hydroxylation is 2. The third kappa shape index (κ3) is 2.63. The van der Waals surface area contributed by atoms with Crippen LogP contribution in [0.4, 0.5) is 0 Å². The molecule has 0 bridgehead atoms. The van der Waals surface area contributed by atoms with E-state index in [1.165, 1.54) is 0 Å². The van der Waals surface area contributed by atoms with Gasteiger partial charge in [-0.25, -0.2) is 13.4 Å². The highest BCUT2D eigenvalue weighted by Crippen LogP contribution is 2.22. The van der Waals surface area contributed by atoms with Crippen LogP contribution >= 0.6 is 0 Å². The summed E-state index contributed by atoms with van der Waals surface area (Å²) in [6, 6.07) is 1.32. The number of nitrogens with zero attached hydrogens (tertiary/aromatic N) is 2. The second-order valence-electron chi connectivity index (χ2n) is 5.33. The Morgan fingerprint density at radius 3 is 2.86 bits per heavy atom. The Balaban J connectivity index is 1.93. The number of amides is 1. The smallest absolute Gasteiger partial charge is 0.258 e. The summed E-state index contributed by atoms with van der Waals surface area (Å²) in [5, 5.41) is 7.16. The van der Waals surface area contributed by atoms with Crippen molar-refractivity contribution in [3.8, 4) is 0 Å². The minimum Gasteiger partial charge on any atom is -0.348 e. The van der Waals surface area contributed by atoms with E-state index in [0.717, 1.165) is 0 Å². The number of nitrogens with one attached hydrogen (secondary N) is 1. The molecule has 2 aromatic rings. The fourth-order valence-corrected chi connectivity index (χ4v) is 4.24. The van der Waals surface area contributed by atoms with Crippen molar-refractivity contribution in [2.75, 3.05) is 11.5 Å². The highest BCUT2D eigenvalue weighted by Gasteiger charge is 2.30. The molecule has 0 unspecified atom stereocenters. The number of fused-ring (bicyclic) bond motifs is 1.